The third-order valence-corrected chi connectivity index (χ3v) is 4.61. The van der Waals surface area contributed by atoms with Crippen molar-refractivity contribution in [2.75, 3.05) is 26.7 Å². The number of rotatable bonds is 5. The van der Waals surface area contributed by atoms with Gasteiger partial charge in [-0.15, -0.1) is 0 Å². The Bertz CT molecular complexity index is 682. The summed E-state index contributed by atoms with van der Waals surface area (Å²) in [5.74, 6) is -1.31. The van der Waals surface area contributed by atoms with Crippen molar-refractivity contribution in [3.8, 4) is 0 Å². The number of likely N-dealkylation sites (N-methyl/N-ethyl adjacent to an activating group) is 1. The largest absolute Gasteiger partial charge is 0.480 e. The Balaban J connectivity index is 2.12. The molecule has 0 aliphatic carbocycles. The van der Waals surface area contributed by atoms with Gasteiger partial charge in [-0.1, -0.05) is 11.6 Å². The van der Waals surface area contributed by atoms with Crippen LogP contribution in [0.2, 0.25) is 5.02 Å². The number of nitro benzene ring substituents is 1. The topological polar surface area (TPSA) is 104 Å². The van der Waals surface area contributed by atoms with Gasteiger partial charge in [-0.2, -0.15) is 0 Å². The van der Waals surface area contributed by atoms with E-state index in [1.54, 1.807) is 16.8 Å². The monoisotopic (exact) mass is 369 g/mol. The number of nitro groups is 1. The zero-order valence-electron chi connectivity index (χ0n) is 13.9. The third-order valence-electron chi connectivity index (χ3n) is 4.38. The Morgan fingerprint density at radius 1 is 1.40 bits per heavy atom. The molecule has 9 heteroatoms. The van der Waals surface area contributed by atoms with Crippen LogP contribution in [0, 0.1) is 10.1 Å². The molecule has 1 amide bonds. The summed E-state index contributed by atoms with van der Waals surface area (Å²) in [6.07, 6.45) is 2.09. The molecule has 1 aromatic rings. The maximum absolute atomic E-state index is 12.7. The van der Waals surface area contributed by atoms with Crippen molar-refractivity contribution < 1.29 is 19.6 Å². The molecule has 0 radical (unpaired) electrons. The zero-order chi connectivity index (χ0) is 18.6. The van der Waals surface area contributed by atoms with Crippen LogP contribution >= 0.6 is 11.6 Å². The fraction of sp³-hybridized carbons (Fsp3) is 0.500. The van der Waals surface area contributed by atoms with E-state index in [0.717, 1.165) is 6.42 Å². The highest BCUT2D eigenvalue weighted by atomic mass is 35.5. The highest BCUT2D eigenvalue weighted by Gasteiger charge is 2.28. The number of halogens is 1. The molecule has 0 bridgehead atoms. The summed E-state index contributed by atoms with van der Waals surface area (Å²) in [5.41, 5.74) is -0.284. The number of nitrogens with zero attached hydrogens (tertiary/aromatic N) is 3. The van der Waals surface area contributed by atoms with Gasteiger partial charge in [0.2, 0.25) is 0 Å². The van der Waals surface area contributed by atoms with Crippen LogP contribution in [0.4, 0.5) is 5.69 Å². The molecule has 0 saturated carbocycles. The molecule has 1 saturated heterocycles. The lowest BCUT2D eigenvalue weighted by atomic mass is 10.1. The van der Waals surface area contributed by atoms with Crippen LogP contribution in [0.3, 0.4) is 0 Å². The van der Waals surface area contributed by atoms with E-state index >= 15 is 0 Å². The van der Waals surface area contributed by atoms with E-state index in [1.165, 1.54) is 18.2 Å². The lowest BCUT2D eigenvalue weighted by Crippen LogP contribution is -2.37. The Labute approximate surface area is 150 Å². The molecule has 1 aliphatic heterocycles. The van der Waals surface area contributed by atoms with E-state index < -0.39 is 16.8 Å². The minimum Gasteiger partial charge on any atom is -0.480 e. The standard InChI is InChI=1S/C16H20ClN3O5/c1-18(10-15(21)22)12-3-2-7-19(8-6-12)16(23)13-9-11(17)4-5-14(13)20(24)25/h4-5,9,12H,2-3,6-8,10H2,1H3,(H,21,22). The number of aliphatic carboxylic acids is 1. The quantitative estimate of drug-likeness (QED) is 0.630. The summed E-state index contributed by atoms with van der Waals surface area (Å²) in [6.45, 7) is 0.829. The third kappa shape index (κ3) is 4.90. The van der Waals surface area contributed by atoms with Gasteiger partial charge in [-0.05, 0) is 38.4 Å². The average molecular weight is 370 g/mol. The van der Waals surface area contributed by atoms with Crippen molar-refractivity contribution in [1.82, 2.24) is 9.80 Å². The number of carbonyl (C=O) groups is 2. The first-order chi connectivity index (χ1) is 11.8. The van der Waals surface area contributed by atoms with E-state index in [1.807, 2.05) is 0 Å². The molecule has 0 spiro atoms. The number of likely N-dealkylation sites (tertiary alicyclic amines) is 1. The van der Waals surface area contributed by atoms with Gasteiger partial charge in [0.05, 0.1) is 11.5 Å². The highest BCUT2D eigenvalue weighted by molar-refractivity contribution is 6.31. The molecular weight excluding hydrogens is 350 g/mol. The second-order valence-electron chi connectivity index (χ2n) is 6.10. The van der Waals surface area contributed by atoms with Crippen molar-refractivity contribution in [2.24, 2.45) is 0 Å². The molecule has 136 valence electrons. The fourth-order valence-electron chi connectivity index (χ4n) is 3.07. The second-order valence-corrected chi connectivity index (χ2v) is 6.54. The van der Waals surface area contributed by atoms with Gasteiger partial charge in [0, 0.05) is 30.2 Å². The Hall–Kier alpha value is -2.19. The van der Waals surface area contributed by atoms with Gasteiger partial charge >= 0.3 is 5.97 Å². The van der Waals surface area contributed by atoms with Crippen LogP contribution in [0.25, 0.3) is 0 Å². The number of amides is 1. The van der Waals surface area contributed by atoms with Crippen molar-refractivity contribution in [2.45, 2.75) is 25.3 Å². The molecular formula is C16H20ClN3O5. The molecule has 1 unspecified atom stereocenters. The summed E-state index contributed by atoms with van der Waals surface area (Å²) >= 11 is 5.89. The van der Waals surface area contributed by atoms with Gasteiger partial charge in [0.15, 0.2) is 0 Å². The lowest BCUT2D eigenvalue weighted by molar-refractivity contribution is -0.385. The van der Waals surface area contributed by atoms with Gasteiger partial charge in [0.1, 0.15) is 5.56 Å². The van der Waals surface area contributed by atoms with Crippen molar-refractivity contribution >= 4 is 29.2 Å². The first-order valence-electron chi connectivity index (χ1n) is 7.95. The minimum atomic E-state index is -0.894. The fourth-order valence-corrected chi connectivity index (χ4v) is 3.25. The van der Waals surface area contributed by atoms with Gasteiger partial charge in [-0.25, -0.2) is 0 Å². The Kier molecular flexibility index (Phi) is 6.33. The molecule has 0 aromatic heterocycles. The smallest absolute Gasteiger partial charge is 0.317 e. The SMILES string of the molecule is CN(CC(=O)O)C1CCCN(C(=O)c2cc(Cl)ccc2[N+](=O)[O-])CC1. The lowest BCUT2D eigenvalue weighted by Gasteiger charge is -2.25. The molecule has 25 heavy (non-hydrogen) atoms. The molecule has 1 heterocycles. The zero-order valence-corrected chi connectivity index (χ0v) is 14.6. The maximum atomic E-state index is 12.7. The van der Waals surface area contributed by atoms with Crippen LogP contribution in [-0.4, -0.2) is 64.4 Å². The number of benzene rings is 1. The number of carbonyl (C=O) groups excluding carboxylic acids is 1. The molecule has 1 fully saturated rings. The van der Waals surface area contributed by atoms with Crippen LogP contribution in [0.15, 0.2) is 18.2 Å². The molecule has 1 atom stereocenters. The Morgan fingerprint density at radius 2 is 2.12 bits per heavy atom. The minimum absolute atomic E-state index is 0.0187. The predicted octanol–water partition coefficient (Wildman–Crippen LogP) is 2.26. The summed E-state index contributed by atoms with van der Waals surface area (Å²) in [6, 6.07) is 4.00. The number of hydrogen-bond acceptors (Lipinski definition) is 5. The van der Waals surface area contributed by atoms with E-state index in [9.17, 15) is 19.7 Å². The summed E-state index contributed by atoms with van der Waals surface area (Å²) in [7, 11) is 1.75. The van der Waals surface area contributed by atoms with E-state index in [2.05, 4.69) is 0 Å². The second kappa shape index (κ2) is 8.26. The van der Waals surface area contributed by atoms with E-state index in [0.29, 0.717) is 25.9 Å². The van der Waals surface area contributed by atoms with Crippen LogP contribution in [0.5, 0.6) is 0 Å². The van der Waals surface area contributed by atoms with Gasteiger partial charge in [0.25, 0.3) is 11.6 Å². The van der Waals surface area contributed by atoms with Crippen molar-refractivity contribution in [3.63, 3.8) is 0 Å². The van der Waals surface area contributed by atoms with Crippen LogP contribution in [0.1, 0.15) is 29.6 Å². The summed E-state index contributed by atoms with van der Waals surface area (Å²) in [5, 5.41) is 20.3. The predicted molar refractivity (Wildman–Crippen MR) is 91.9 cm³/mol. The van der Waals surface area contributed by atoms with Crippen LogP contribution in [-0.2, 0) is 4.79 Å². The number of hydrogen-bond donors (Lipinski definition) is 1. The van der Waals surface area contributed by atoms with E-state index in [4.69, 9.17) is 16.7 Å². The summed E-state index contributed by atoms with van der Waals surface area (Å²) in [4.78, 5) is 37.5. The maximum Gasteiger partial charge on any atom is 0.317 e. The highest BCUT2D eigenvalue weighted by Crippen LogP contribution is 2.25. The molecule has 2 rings (SSSR count). The molecule has 1 aromatic carbocycles. The summed E-state index contributed by atoms with van der Waals surface area (Å²) < 4.78 is 0. The average Bonchev–Trinajstić information content (AvgIpc) is 2.79. The van der Waals surface area contributed by atoms with Crippen LogP contribution < -0.4 is 0 Å². The van der Waals surface area contributed by atoms with Crippen molar-refractivity contribution in [1.29, 1.82) is 0 Å². The van der Waals surface area contributed by atoms with Gasteiger partial charge in [-0.3, -0.25) is 24.6 Å². The first kappa shape index (κ1) is 19.1. The molecule has 8 nitrogen and oxygen atoms in total. The molecule has 1 N–H and O–H groups in total. The Morgan fingerprint density at radius 3 is 2.76 bits per heavy atom. The van der Waals surface area contributed by atoms with Crippen molar-refractivity contribution in [3.05, 3.63) is 38.9 Å². The number of carboxylic acids is 1. The van der Waals surface area contributed by atoms with E-state index in [-0.39, 0.29) is 28.9 Å². The number of carboxylic acid groups (broad SMARTS) is 1. The normalized spacial score (nSPS) is 18.0. The molecule has 1 aliphatic rings. The first-order valence-corrected chi connectivity index (χ1v) is 8.32. The van der Waals surface area contributed by atoms with Gasteiger partial charge < -0.3 is 10.0 Å².